The molecule has 1 saturated carbocycles. The molecule has 0 spiro atoms. The summed E-state index contributed by atoms with van der Waals surface area (Å²) in [5.74, 6) is -0.218. The lowest BCUT2D eigenvalue weighted by atomic mass is 9.85. The van der Waals surface area contributed by atoms with Gasteiger partial charge in [0.15, 0.2) is 11.5 Å². The monoisotopic (exact) mass is 338 g/mol. The number of nitrogen functional groups attached to an aromatic ring is 1. The van der Waals surface area contributed by atoms with Crippen molar-refractivity contribution >= 4 is 22.9 Å². The minimum atomic E-state index is -2.61. The van der Waals surface area contributed by atoms with Crippen LogP contribution in [-0.4, -0.2) is 38.4 Å². The molecule has 1 aliphatic carbocycles. The van der Waals surface area contributed by atoms with Crippen molar-refractivity contribution in [1.82, 2.24) is 24.8 Å². The van der Waals surface area contributed by atoms with Crippen LogP contribution in [0.4, 0.5) is 14.6 Å². The second kappa shape index (κ2) is 6.66. The first-order valence-corrected chi connectivity index (χ1v) is 8.02. The van der Waals surface area contributed by atoms with Gasteiger partial charge in [0.2, 0.25) is 5.91 Å². The van der Waals surface area contributed by atoms with Crippen LogP contribution in [0.25, 0.3) is 11.2 Å². The molecule has 7 nitrogen and oxygen atoms in total. The Labute approximate surface area is 137 Å². The van der Waals surface area contributed by atoms with Crippen molar-refractivity contribution in [2.45, 2.75) is 45.1 Å². The summed E-state index contributed by atoms with van der Waals surface area (Å²) in [6.07, 6.45) is 2.83. The number of anilines is 1. The van der Waals surface area contributed by atoms with Gasteiger partial charge in [-0.15, -0.1) is 0 Å². The normalized spacial score (nSPS) is 16.8. The molecule has 2 heterocycles. The zero-order valence-electron chi connectivity index (χ0n) is 13.2. The molecule has 0 aromatic carbocycles. The van der Waals surface area contributed by atoms with E-state index in [4.69, 9.17) is 5.73 Å². The summed E-state index contributed by atoms with van der Waals surface area (Å²) in [4.78, 5) is 24.3. The lowest BCUT2D eigenvalue weighted by Gasteiger charge is -2.26. The van der Waals surface area contributed by atoms with Crippen molar-refractivity contribution in [2.24, 2.45) is 5.41 Å². The fourth-order valence-corrected chi connectivity index (χ4v) is 3.24. The minimum absolute atomic E-state index is 0.263. The minimum Gasteiger partial charge on any atom is -0.382 e. The van der Waals surface area contributed by atoms with Gasteiger partial charge >= 0.3 is 0 Å². The maximum Gasteiger partial charge on any atom is 0.252 e. The maximum atomic E-state index is 13.3. The fourth-order valence-electron chi connectivity index (χ4n) is 3.24. The van der Waals surface area contributed by atoms with Crippen molar-refractivity contribution < 1.29 is 13.6 Å². The maximum absolute atomic E-state index is 13.3. The molecule has 24 heavy (non-hydrogen) atoms. The summed E-state index contributed by atoms with van der Waals surface area (Å²) in [5, 5.41) is 2.66. The third-order valence-electron chi connectivity index (χ3n) is 4.66. The zero-order chi connectivity index (χ0) is 17.2. The number of nitrogens with zero attached hydrogens (tertiary/aromatic N) is 4. The molecule has 1 amide bonds. The number of aryl methyl sites for hydroxylation is 1. The van der Waals surface area contributed by atoms with E-state index in [9.17, 15) is 13.6 Å². The van der Waals surface area contributed by atoms with Gasteiger partial charge in [-0.05, 0) is 19.3 Å². The van der Waals surface area contributed by atoms with E-state index >= 15 is 0 Å². The van der Waals surface area contributed by atoms with E-state index in [1.54, 1.807) is 10.9 Å². The molecule has 3 N–H and O–H groups in total. The van der Waals surface area contributed by atoms with Crippen LogP contribution < -0.4 is 11.1 Å². The van der Waals surface area contributed by atoms with Crippen molar-refractivity contribution in [3.8, 4) is 0 Å². The van der Waals surface area contributed by atoms with Gasteiger partial charge in [0.05, 0.1) is 6.33 Å². The van der Waals surface area contributed by atoms with Crippen LogP contribution in [0.15, 0.2) is 12.7 Å². The molecule has 3 rings (SSSR count). The summed E-state index contributed by atoms with van der Waals surface area (Å²) in [7, 11) is 0. The number of fused-ring (bicyclic) bond motifs is 1. The second-order valence-corrected chi connectivity index (χ2v) is 6.14. The molecule has 0 bridgehead atoms. The highest BCUT2D eigenvalue weighted by molar-refractivity contribution is 5.83. The molecule has 2 aromatic rings. The van der Waals surface area contributed by atoms with Crippen molar-refractivity contribution in [1.29, 1.82) is 0 Å². The molecule has 0 saturated heterocycles. The first-order chi connectivity index (χ1) is 11.5. The highest BCUT2D eigenvalue weighted by atomic mass is 19.3. The van der Waals surface area contributed by atoms with E-state index in [1.165, 1.54) is 6.33 Å². The topological polar surface area (TPSA) is 98.7 Å². The Morgan fingerprint density at radius 2 is 2.08 bits per heavy atom. The Morgan fingerprint density at radius 3 is 2.79 bits per heavy atom. The first kappa shape index (κ1) is 16.5. The Bertz CT molecular complexity index is 726. The summed E-state index contributed by atoms with van der Waals surface area (Å²) >= 11 is 0. The van der Waals surface area contributed by atoms with Crippen LogP contribution in [0.3, 0.4) is 0 Å². The molecule has 0 unspecified atom stereocenters. The summed E-state index contributed by atoms with van der Waals surface area (Å²) in [6, 6.07) is 0. The van der Waals surface area contributed by atoms with E-state index < -0.39 is 17.7 Å². The number of alkyl halides is 2. The van der Waals surface area contributed by atoms with Crippen LogP contribution in [0, 0.1) is 5.41 Å². The molecule has 130 valence electrons. The summed E-state index contributed by atoms with van der Waals surface area (Å²) in [6.45, 7) is 0.877. The number of hydrogen-bond donors (Lipinski definition) is 2. The highest BCUT2D eigenvalue weighted by Gasteiger charge is 2.48. The SMILES string of the molecule is Nc1ncnc2c1ncn2CCCNC(=O)C1(C(F)F)CCCC1. The third-order valence-corrected chi connectivity index (χ3v) is 4.66. The average molecular weight is 338 g/mol. The predicted molar refractivity (Wildman–Crippen MR) is 84.3 cm³/mol. The van der Waals surface area contributed by atoms with Gasteiger partial charge in [0, 0.05) is 13.1 Å². The van der Waals surface area contributed by atoms with E-state index in [1.807, 2.05) is 0 Å². The highest BCUT2D eigenvalue weighted by Crippen LogP contribution is 2.43. The standard InChI is InChI=1S/C15H20F2N6O/c16-13(17)15(4-1-2-5-15)14(24)19-6-3-7-23-9-22-10-11(18)20-8-21-12(10)23/h8-9,13H,1-7H2,(H,19,24)(H2,18,20,21). The molecule has 0 aliphatic heterocycles. The number of carbonyl (C=O) groups is 1. The van der Waals surface area contributed by atoms with Gasteiger partial charge in [-0.3, -0.25) is 4.79 Å². The fraction of sp³-hybridized carbons (Fsp3) is 0.600. The third kappa shape index (κ3) is 2.90. The number of nitrogens with two attached hydrogens (primary N) is 1. The summed E-state index contributed by atoms with van der Waals surface area (Å²) in [5.41, 5.74) is 5.38. The molecular formula is C15H20F2N6O. The quantitative estimate of drug-likeness (QED) is 0.782. The van der Waals surface area contributed by atoms with Gasteiger partial charge in [-0.25, -0.2) is 23.7 Å². The lowest BCUT2D eigenvalue weighted by molar-refractivity contribution is -0.140. The Hall–Kier alpha value is -2.32. The van der Waals surface area contributed by atoms with Crippen LogP contribution in [0.5, 0.6) is 0 Å². The number of hydrogen-bond acceptors (Lipinski definition) is 5. The number of halogens is 2. The average Bonchev–Trinajstić information content (AvgIpc) is 3.20. The van der Waals surface area contributed by atoms with Gasteiger partial charge in [0.1, 0.15) is 17.3 Å². The number of rotatable bonds is 6. The number of aromatic nitrogens is 4. The van der Waals surface area contributed by atoms with Gasteiger partial charge in [-0.2, -0.15) is 0 Å². The smallest absolute Gasteiger partial charge is 0.252 e. The second-order valence-electron chi connectivity index (χ2n) is 6.14. The molecule has 9 heteroatoms. The van der Waals surface area contributed by atoms with Gasteiger partial charge < -0.3 is 15.6 Å². The van der Waals surface area contributed by atoms with Crippen molar-refractivity contribution in [3.63, 3.8) is 0 Å². The summed E-state index contributed by atoms with van der Waals surface area (Å²) < 4.78 is 28.4. The van der Waals surface area contributed by atoms with Crippen molar-refractivity contribution in [3.05, 3.63) is 12.7 Å². The Balaban J connectivity index is 1.55. The molecule has 0 radical (unpaired) electrons. The van der Waals surface area contributed by atoms with E-state index in [0.717, 1.165) is 0 Å². The van der Waals surface area contributed by atoms with Gasteiger partial charge in [-0.1, -0.05) is 12.8 Å². The number of carbonyl (C=O) groups excluding carboxylic acids is 1. The zero-order valence-corrected chi connectivity index (χ0v) is 13.2. The van der Waals surface area contributed by atoms with E-state index in [2.05, 4.69) is 20.3 Å². The molecule has 2 aromatic heterocycles. The van der Waals surface area contributed by atoms with E-state index in [-0.39, 0.29) is 12.8 Å². The van der Waals surface area contributed by atoms with Crippen LogP contribution >= 0.6 is 0 Å². The Kier molecular flexibility index (Phi) is 4.59. The van der Waals surface area contributed by atoms with Gasteiger partial charge in [0.25, 0.3) is 6.43 Å². The van der Waals surface area contributed by atoms with Crippen LogP contribution in [-0.2, 0) is 11.3 Å². The number of amides is 1. The molecule has 1 aliphatic rings. The Morgan fingerprint density at radius 1 is 1.33 bits per heavy atom. The molecular weight excluding hydrogens is 318 g/mol. The van der Waals surface area contributed by atoms with Crippen LogP contribution in [0.1, 0.15) is 32.1 Å². The largest absolute Gasteiger partial charge is 0.382 e. The first-order valence-electron chi connectivity index (χ1n) is 8.02. The van der Waals surface area contributed by atoms with Crippen LogP contribution in [0.2, 0.25) is 0 Å². The number of nitrogens with one attached hydrogen (secondary N) is 1. The van der Waals surface area contributed by atoms with E-state index in [0.29, 0.717) is 49.3 Å². The number of imidazole rings is 1. The predicted octanol–water partition coefficient (Wildman–Crippen LogP) is 1.74. The lowest BCUT2D eigenvalue weighted by Crippen LogP contribution is -2.44. The van der Waals surface area contributed by atoms with Crippen molar-refractivity contribution in [2.75, 3.05) is 12.3 Å². The molecule has 0 atom stereocenters. The molecule has 1 fully saturated rings.